The number of nitrogens with one attached hydrogen (secondary N) is 1. The van der Waals surface area contributed by atoms with Gasteiger partial charge < -0.3 is 14.6 Å². The molecule has 2 aliphatic heterocycles. The fraction of sp³-hybridized carbons (Fsp3) is 0.562. The minimum atomic E-state index is -0.243. The van der Waals surface area contributed by atoms with Gasteiger partial charge in [-0.25, -0.2) is 9.67 Å². The fourth-order valence-electron chi connectivity index (χ4n) is 3.63. The van der Waals surface area contributed by atoms with E-state index < -0.39 is 0 Å². The first kappa shape index (κ1) is 15.9. The Morgan fingerprint density at radius 2 is 2.28 bits per heavy atom. The maximum atomic E-state index is 12.7. The van der Waals surface area contributed by atoms with Crippen molar-refractivity contribution >= 4 is 5.91 Å². The summed E-state index contributed by atoms with van der Waals surface area (Å²) in [4.78, 5) is 33.6. The highest BCUT2D eigenvalue weighted by Crippen LogP contribution is 2.30. The number of aromatic amines is 1. The third-order valence-corrected chi connectivity index (χ3v) is 4.95. The van der Waals surface area contributed by atoms with Gasteiger partial charge in [0.25, 0.3) is 5.56 Å². The van der Waals surface area contributed by atoms with Gasteiger partial charge in [-0.2, -0.15) is 0 Å². The maximum Gasteiger partial charge on any atom is 0.254 e. The van der Waals surface area contributed by atoms with Crippen LogP contribution in [0.25, 0.3) is 0 Å². The summed E-state index contributed by atoms with van der Waals surface area (Å²) < 4.78 is 7.72. The summed E-state index contributed by atoms with van der Waals surface area (Å²) in [7, 11) is 0. The first-order chi connectivity index (χ1) is 12.0. The molecule has 1 N–H and O–H groups in total. The Morgan fingerprint density at radius 3 is 3.08 bits per heavy atom. The third kappa shape index (κ3) is 2.84. The molecule has 0 unspecified atom stereocenters. The quantitative estimate of drug-likeness (QED) is 0.815. The van der Waals surface area contributed by atoms with E-state index in [2.05, 4.69) is 20.3 Å². The molecule has 0 radical (unpaired) electrons. The Balaban J connectivity index is 1.52. The van der Waals surface area contributed by atoms with Crippen molar-refractivity contribution in [3.63, 3.8) is 0 Å². The molecular formula is C16H20N6O3. The molecule has 0 spiro atoms. The lowest BCUT2D eigenvalue weighted by Gasteiger charge is -2.41. The van der Waals surface area contributed by atoms with Crippen molar-refractivity contribution in [3.8, 4) is 0 Å². The van der Waals surface area contributed by atoms with Crippen LogP contribution in [-0.2, 0) is 22.6 Å². The summed E-state index contributed by atoms with van der Waals surface area (Å²) in [6.45, 7) is 5.11. The zero-order chi connectivity index (χ0) is 17.6. The Bertz CT molecular complexity index is 873. The Hall–Kier alpha value is -2.55. The second-order valence-electron chi connectivity index (χ2n) is 6.61. The van der Waals surface area contributed by atoms with Crippen molar-refractivity contribution in [1.82, 2.24) is 29.9 Å². The molecule has 2 aliphatic rings. The first-order valence-corrected chi connectivity index (χ1v) is 8.38. The van der Waals surface area contributed by atoms with E-state index in [0.717, 1.165) is 12.1 Å². The van der Waals surface area contributed by atoms with Crippen molar-refractivity contribution in [2.24, 2.45) is 0 Å². The van der Waals surface area contributed by atoms with Crippen LogP contribution in [0.1, 0.15) is 35.2 Å². The standard InChI is InChI=1S/C16H20N6O3/c1-9-12(16(24)19-10(2)18-9)5-15(23)21-4-3-14-13(7-21)22-11(8-25-14)6-17-20-22/h6,13-14H,3-5,7-8H2,1-2H3,(H,18,19,24)/t13-,14+/m1/s1. The van der Waals surface area contributed by atoms with Gasteiger partial charge in [0.2, 0.25) is 5.91 Å². The lowest BCUT2D eigenvalue weighted by molar-refractivity contribution is -0.137. The molecule has 1 amide bonds. The maximum absolute atomic E-state index is 12.7. The third-order valence-electron chi connectivity index (χ3n) is 4.95. The SMILES string of the molecule is Cc1nc(C)c(CC(=O)N2CC[C@@H]3OCc4cnnn4[C@@H]3C2)c(=O)[nH]1. The molecule has 0 saturated carbocycles. The number of ether oxygens (including phenoxy) is 1. The highest BCUT2D eigenvalue weighted by atomic mass is 16.5. The topological polar surface area (TPSA) is 106 Å². The number of nitrogens with zero attached hydrogens (tertiary/aromatic N) is 5. The Labute approximate surface area is 144 Å². The molecule has 9 nitrogen and oxygen atoms in total. The van der Waals surface area contributed by atoms with Gasteiger partial charge in [-0.1, -0.05) is 5.21 Å². The summed E-state index contributed by atoms with van der Waals surface area (Å²) in [6, 6.07) is -0.0283. The van der Waals surface area contributed by atoms with Crippen LogP contribution in [0.4, 0.5) is 0 Å². The van der Waals surface area contributed by atoms with Crippen molar-refractivity contribution < 1.29 is 9.53 Å². The zero-order valence-electron chi connectivity index (χ0n) is 14.2. The average molecular weight is 344 g/mol. The highest BCUT2D eigenvalue weighted by Gasteiger charge is 2.37. The van der Waals surface area contributed by atoms with E-state index in [-0.39, 0.29) is 30.0 Å². The molecule has 132 valence electrons. The number of carbonyl (C=O) groups excluding carboxylic acids is 1. The summed E-state index contributed by atoms with van der Waals surface area (Å²) in [6.07, 6.45) is 2.54. The molecule has 2 aromatic rings. The monoisotopic (exact) mass is 344 g/mol. The number of carbonyl (C=O) groups is 1. The van der Waals surface area contributed by atoms with Gasteiger partial charge in [0.15, 0.2) is 0 Å². The molecule has 25 heavy (non-hydrogen) atoms. The van der Waals surface area contributed by atoms with Gasteiger partial charge in [0.05, 0.1) is 37.1 Å². The van der Waals surface area contributed by atoms with E-state index in [9.17, 15) is 9.59 Å². The Kier molecular flexibility index (Phi) is 3.87. The molecular weight excluding hydrogens is 324 g/mol. The van der Waals surface area contributed by atoms with Crippen LogP contribution in [0, 0.1) is 13.8 Å². The van der Waals surface area contributed by atoms with Crippen molar-refractivity contribution in [3.05, 3.63) is 39.3 Å². The predicted molar refractivity (Wildman–Crippen MR) is 86.9 cm³/mol. The van der Waals surface area contributed by atoms with Gasteiger partial charge in [-0.3, -0.25) is 9.59 Å². The zero-order valence-corrected chi connectivity index (χ0v) is 14.2. The second kappa shape index (κ2) is 6.07. The largest absolute Gasteiger partial charge is 0.370 e. The van der Waals surface area contributed by atoms with Crippen molar-refractivity contribution in [2.45, 2.75) is 45.4 Å². The van der Waals surface area contributed by atoms with E-state index in [1.54, 1.807) is 24.9 Å². The molecule has 0 aromatic carbocycles. The molecule has 4 rings (SSSR count). The Morgan fingerprint density at radius 1 is 1.44 bits per heavy atom. The van der Waals surface area contributed by atoms with Crippen LogP contribution in [0.15, 0.2) is 11.0 Å². The smallest absolute Gasteiger partial charge is 0.254 e. The summed E-state index contributed by atoms with van der Waals surface area (Å²) >= 11 is 0. The minimum absolute atomic E-state index is 0.0283. The van der Waals surface area contributed by atoms with Gasteiger partial charge in [0, 0.05) is 24.3 Å². The van der Waals surface area contributed by atoms with E-state index in [4.69, 9.17) is 4.74 Å². The minimum Gasteiger partial charge on any atom is -0.370 e. The van der Waals surface area contributed by atoms with Crippen molar-refractivity contribution in [1.29, 1.82) is 0 Å². The number of H-pyrrole nitrogens is 1. The van der Waals surface area contributed by atoms with Gasteiger partial charge >= 0.3 is 0 Å². The van der Waals surface area contributed by atoms with Crippen LogP contribution in [0.2, 0.25) is 0 Å². The van der Waals surface area contributed by atoms with E-state index >= 15 is 0 Å². The van der Waals surface area contributed by atoms with Crippen molar-refractivity contribution in [2.75, 3.05) is 13.1 Å². The second-order valence-corrected chi connectivity index (χ2v) is 6.61. The number of aryl methyl sites for hydroxylation is 2. The number of amides is 1. The number of rotatable bonds is 2. The van der Waals surface area contributed by atoms with Crippen LogP contribution in [0.5, 0.6) is 0 Å². The molecule has 1 fully saturated rings. The number of hydrogen-bond acceptors (Lipinski definition) is 6. The molecule has 0 aliphatic carbocycles. The normalized spacial score (nSPS) is 22.4. The molecule has 2 aromatic heterocycles. The molecule has 1 saturated heterocycles. The van der Waals surface area contributed by atoms with Crippen LogP contribution in [0.3, 0.4) is 0 Å². The van der Waals surface area contributed by atoms with Crippen LogP contribution < -0.4 is 5.56 Å². The molecule has 9 heteroatoms. The summed E-state index contributed by atoms with van der Waals surface area (Å²) in [5.74, 6) is 0.475. The number of piperidine rings is 1. The van der Waals surface area contributed by atoms with Gasteiger partial charge in [0.1, 0.15) is 5.82 Å². The predicted octanol–water partition coefficient (Wildman–Crippen LogP) is -0.107. The lowest BCUT2D eigenvalue weighted by Crippen LogP contribution is -2.50. The van der Waals surface area contributed by atoms with Crippen LogP contribution in [-0.4, -0.2) is 55.0 Å². The number of fused-ring (bicyclic) bond motifs is 3. The molecule has 4 heterocycles. The van der Waals surface area contributed by atoms with E-state index in [1.165, 1.54) is 0 Å². The molecule has 0 bridgehead atoms. The number of hydrogen-bond donors (Lipinski definition) is 1. The summed E-state index contributed by atoms with van der Waals surface area (Å²) in [5, 5.41) is 8.08. The van der Waals surface area contributed by atoms with Gasteiger partial charge in [-0.15, -0.1) is 5.10 Å². The van der Waals surface area contributed by atoms with Crippen LogP contribution >= 0.6 is 0 Å². The lowest BCUT2D eigenvalue weighted by atomic mass is 9.99. The highest BCUT2D eigenvalue weighted by molar-refractivity contribution is 5.79. The fourth-order valence-corrected chi connectivity index (χ4v) is 3.63. The first-order valence-electron chi connectivity index (χ1n) is 8.38. The average Bonchev–Trinajstić information content (AvgIpc) is 3.06. The summed E-state index contributed by atoms with van der Waals surface area (Å²) in [5.41, 5.74) is 1.71. The number of aromatic nitrogens is 5. The van der Waals surface area contributed by atoms with E-state index in [1.807, 2.05) is 4.68 Å². The number of likely N-dealkylation sites (tertiary alicyclic amines) is 1. The van der Waals surface area contributed by atoms with E-state index in [0.29, 0.717) is 36.8 Å². The molecule has 2 atom stereocenters. The van der Waals surface area contributed by atoms with Gasteiger partial charge in [-0.05, 0) is 20.3 Å².